The molecule has 1 aromatic heterocycles. The number of nitrogens with zero attached hydrogens (tertiary/aromatic N) is 2. The quantitative estimate of drug-likeness (QED) is 0.924. The molecule has 1 fully saturated rings. The Morgan fingerprint density at radius 2 is 2.17 bits per heavy atom. The lowest BCUT2D eigenvalue weighted by atomic mass is 10.0. The summed E-state index contributed by atoms with van der Waals surface area (Å²) >= 11 is 0. The van der Waals surface area contributed by atoms with Crippen LogP contribution >= 0.6 is 0 Å². The molecule has 0 saturated carbocycles. The Morgan fingerprint density at radius 3 is 3.00 bits per heavy atom. The summed E-state index contributed by atoms with van der Waals surface area (Å²) in [5.41, 5.74) is 5.22. The molecule has 1 aliphatic heterocycles. The molecule has 0 radical (unpaired) electrons. The van der Waals surface area contributed by atoms with E-state index in [2.05, 4.69) is 29.3 Å². The number of H-pyrrole nitrogens is 1. The second kappa shape index (κ2) is 6.06. The molecule has 5 nitrogen and oxygen atoms in total. The maximum absolute atomic E-state index is 13.1. The van der Waals surface area contributed by atoms with E-state index in [1.807, 2.05) is 24.0 Å². The van der Waals surface area contributed by atoms with Crippen LogP contribution in [-0.4, -0.2) is 40.2 Å². The number of aryl methyl sites for hydroxylation is 2. The lowest BCUT2D eigenvalue weighted by molar-refractivity contribution is -0.0491. The minimum absolute atomic E-state index is 0.0313. The maximum atomic E-state index is 13.1. The maximum Gasteiger partial charge on any atom is 0.275 e. The van der Waals surface area contributed by atoms with E-state index in [-0.39, 0.29) is 18.1 Å². The summed E-state index contributed by atoms with van der Waals surface area (Å²) in [7, 11) is 0. The molecule has 1 saturated heterocycles. The van der Waals surface area contributed by atoms with Crippen molar-refractivity contribution in [2.24, 2.45) is 0 Å². The first kappa shape index (κ1) is 15.4. The van der Waals surface area contributed by atoms with Gasteiger partial charge in [-0.15, -0.1) is 0 Å². The van der Waals surface area contributed by atoms with Crippen molar-refractivity contribution in [1.29, 1.82) is 0 Å². The topological polar surface area (TPSA) is 58.2 Å². The molecule has 2 atom stereocenters. The highest BCUT2D eigenvalue weighted by Crippen LogP contribution is 2.30. The SMILES string of the molecule is Cc1ccccc1[C@H]1CN(C(=O)c2n[nH]c3c2CCC3)[C@@H](C)CO1. The van der Waals surface area contributed by atoms with Crippen molar-refractivity contribution < 1.29 is 9.53 Å². The van der Waals surface area contributed by atoms with E-state index in [1.54, 1.807) is 0 Å². The number of benzene rings is 1. The Morgan fingerprint density at radius 1 is 1.33 bits per heavy atom. The minimum Gasteiger partial charge on any atom is -0.370 e. The first-order valence-corrected chi connectivity index (χ1v) is 8.69. The summed E-state index contributed by atoms with van der Waals surface area (Å²) in [5.74, 6) is 0.0313. The number of amides is 1. The lowest BCUT2D eigenvalue weighted by Crippen LogP contribution is -2.48. The van der Waals surface area contributed by atoms with E-state index in [0.717, 1.165) is 36.1 Å². The number of carbonyl (C=O) groups excluding carboxylic acids is 1. The summed E-state index contributed by atoms with van der Waals surface area (Å²) in [4.78, 5) is 15.0. The average Bonchev–Trinajstić information content (AvgIpc) is 3.19. The molecular weight excluding hydrogens is 302 g/mol. The Labute approximate surface area is 142 Å². The van der Waals surface area contributed by atoms with E-state index >= 15 is 0 Å². The first-order valence-electron chi connectivity index (χ1n) is 8.69. The van der Waals surface area contributed by atoms with Crippen molar-refractivity contribution >= 4 is 5.91 Å². The highest BCUT2D eigenvalue weighted by Gasteiger charge is 2.34. The van der Waals surface area contributed by atoms with Gasteiger partial charge in [0.1, 0.15) is 6.10 Å². The molecule has 1 aromatic carbocycles. The summed E-state index contributed by atoms with van der Waals surface area (Å²) in [6.45, 7) is 5.26. The van der Waals surface area contributed by atoms with Crippen LogP contribution in [0.4, 0.5) is 0 Å². The molecule has 126 valence electrons. The number of hydrogen-bond donors (Lipinski definition) is 1. The molecule has 0 bridgehead atoms. The second-order valence-electron chi connectivity index (χ2n) is 6.87. The van der Waals surface area contributed by atoms with Crippen LogP contribution in [0.2, 0.25) is 0 Å². The molecule has 1 N–H and O–H groups in total. The monoisotopic (exact) mass is 325 g/mol. The third-order valence-electron chi connectivity index (χ3n) is 5.24. The third kappa shape index (κ3) is 2.53. The lowest BCUT2D eigenvalue weighted by Gasteiger charge is -2.38. The van der Waals surface area contributed by atoms with Crippen LogP contribution in [0, 0.1) is 6.92 Å². The number of carbonyl (C=O) groups is 1. The number of ether oxygens (including phenoxy) is 1. The van der Waals surface area contributed by atoms with Gasteiger partial charge in [0.25, 0.3) is 5.91 Å². The smallest absolute Gasteiger partial charge is 0.275 e. The molecule has 2 aromatic rings. The molecule has 2 aliphatic rings. The Kier molecular flexibility index (Phi) is 3.88. The second-order valence-corrected chi connectivity index (χ2v) is 6.87. The van der Waals surface area contributed by atoms with Crippen molar-refractivity contribution in [3.8, 4) is 0 Å². The number of aromatic nitrogens is 2. The fourth-order valence-corrected chi connectivity index (χ4v) is 3.81. The number of rotatable bonds is 2. The first-order chi connectivity index (χ1) is 11.6. The van der Waals surface area contributed by atoms with E-state index in [9.17, 15) is 4.79 Å². The molecule has 0 spiro atoms. The zero-order valence-corrected chi connectivity index (χ0v) is 14.2. The molecule has 1 amide bonds. The van der Waals surface area contributed by atoms with Crippen molar-refractivity contribution in [2.45, 2.75) is 45.3 Å². The van der Waals surface area contributed by atoms with Crippen LogP contribution in [0.1, 0.15) is 52.3 Å². The Balaban J connectivity index is 1.59. The summed E-state index contributed by atoms with van der Waals surface area (Å²) in [6, 6.07) is 8.29. The molecule has 0 unspecified atom stereocenters. The van der Waals surface area contributed by atoms with Crippen molar-refractivity contribution in [3.05, 3.63) is 52.3 Å². The average molecular weight is 325 g/mol. The van der Waals surface area contributed by atoms with Gasteiger partial charge in [-0.2, -0.15) is 5.10 Å². The predicted octanol–water partition coefficient (Wildman–Crippen LogP) is 2.81. The highest BCUT2D eigenvalue weighted by atomic mass is 16.5. The van der Waals surface area contributed by atoms with Crippen LogP contribution in [0.15, 0.2) is 24.3 Å². The number of fused-ring (bicyclic) bond motifs is 1. The van der Waals surface area contributed by atoms with E-state index < -0.39 is 0 Å². The van der Waals surface area contributed by atoms with Gasteiger partial charge in [0.05, 0.1) is 19.2 Å². The standard InChI is InChI=1S/C19H23N3O2/c1-12-6-3-4-7-14(12)17-10-22(13(2)11-24-17)19(23)18-15-8-5-9-16(15)20-21-18/h3-4,6-7,13,17H,5,8-11H2,1-2H3,(H,20,21)/t13-,17+/m0/s1. The van der Waals surface area contributed by atoms with Crippen LogP contribution in [0.3, 0.4) is 0 Å². The molecule has 1 aliphatic carbocycles. The number of hydrogen-bond acceptors (Lipinski definition) is 3. The van der Waals surface area contributed by atoms with Gasteiger partial charge < -0.3 is 9.64 Å². The van der Waals surface area contributed by atoms with Crippen molar-refractivity contribution in [3.63, 3.8) is 0 Å². The van der Waals surface area contributed by atoms with Gasteiger partial charge in [-0.25, -0.2) is 0 Å². The zero-order chi connectivity index (χ0) is 16.7. The molecular formula is C19H23N3O2. The minimum atomic E-state index is -0.0710. The van der Waals surface area contributed by atoms with Crippen LogP contribution < -0.4 is 0 Å². The fourth-order valence-electron chi connectivity index (χ4n) is 3.81. The van der Waals surface area contributed by atoms with Gasteiger partial charge >= 0.3 is 0 Å². The summed E-state index contributed by atoms with van der Waals surface area (Å²) < 4.78 is 6.03. The van der Waals surface area contributed by atoms with Crippen LogP contribution in [0.5, 0.6) is 0 Å². The van der Waals surface area contributed by atoms with Crippen LogP contribution in [-0.2, 0) is 17.6 Å². The van der Waals surface area contributed by atoms with E-state index in [1.165, 1.54) is 5.56 Å². The zero-order valence-electron chi connectivity index (χ0n) is 14.2. The van der Waals surface area contributed by atoms with Crippen LogP contribution in [0.25, 0.3) is 0 Å². The normalized spacial score (nSPS) is 23.3. The largest absolute Gasteiger partial charge is 0.370 e. The van der Waals surface area contributed by atoms with Gasteiger partial charge in [0.2, 0.25) is 0 Å². The predicted molar refractivity (Wildman–Crippen MR) is 91.0 cm³/mol. The van der Waals surface area contributed by atoms with Gasteiger partial charge in [0, 0.05) is 11.3 Å². The van der Waals surface area contributed by atoms with Gasteiger partial charge in [-0.05, 0) is 44.2 Å². The molecule has 2 heterocycles. The summed E-state index contributed by atoms with van der Waals surface area (Å²) in [5, 5.41) is 7.35. The third-order valence-corrected chi connectivity index (χ3v) is 5.24. The number of morpholine rings is 1. The van der Waals surface area contributed by atoms with Crippen molar-refractivity contribution in [2.75, 3.05) is 13.2 Å². The van der Waals surface area contributed by atoms with Crippen molar-refractivity contribution in [1.82, 2.24) is 15.1 Å². The highest BCUT2D eigenvalue weighted by molar-refractivity contribution is 5.94. The fraction of sp³-hybridized carbons (Fsp3) is 0.474. The van der Waals surface area contributed by atoms with E-state index in [0.29, 0.717) is 18.8 Å². The van der Waals surface area contributed by atoms with Gasteiger partial charge in [-0.3, -0.25) is 9.89 Å². The number of aromatic amines is 1. The Hall–Kier alpha value is -2.14. The Bertz CT molecular complexity index is 768. The van der Waals surface area contributed by atoms with Gasteiger partial charge in [-0.1, -0.05) is 24.3 Å². The molecule has 5 heteroatoms. The molecule has 4 rings (SSSR count). The molecule has 24 heavy (non-hydrogen) atoms. The summed E-state index contributed by atoms with van der Waals surface area (Å²) in [6.07, 6.45) is 2.99. The van der Waals surface area contributed by atoms with E-state index in [4.69, 9.17) is 4.74 Å². The van der Waals surface area contributed by atoms with Gasteiger partial charge in [0.15, 0.2) is 5.69 Å². The number of nitrogens with one attached hydrogen (secondary N) is 1.